The molecule has 0 atom stereocenters. The van der Waals surface area contributed by atoms with Crippen LogP contribution in [0.25, 0.3) is 10.4 Å². The highest BCUT2D eigenvalue weighted by Crippen LogP contribution is 2.02. The average Bonchev–Trinajstić information content (AvgIpc) is 2.09. The normalized spacial score (nSPS) is 9.08. The first-order chi connectivity index (χ1) is 5.84. The number of aromatic nitrogens is 2. The smallest absolute Gasteiger partial charge is 0.115 e. The zero-order chi connectivity index (χ0) is 8.81. The van der Waals surface area contributed by atoms with Gasteiger partial charge in [0.15, 0.2) is 0 Å². The average molecular weight is 163 g/mol. The summed E-state index contributed by atoms with van der Waals surface area (Å²) in [6, 6.07) is 0. The maximum atomic E-state index is 8.04. The Hall–Kier alpha value is -1.61. The lowest BCUT2D eigenvalue weighted by Crippen LogP contribution is -1.95. The molecular weight excluding hydrogens is 154 g/mol. The summed E-state index contributed by atoms with van der Waals surface area (Å²) in [6.45, 7) is 2.37. The van der Waals surface area contributed by atoms with Gasteiger partial charge in [-0.1, -0.05) is 5.11 Å². The Morgan fingerprint density at radius 3 is 3.17 bits per heavy atom. The highest BCUT2D eigenvalue weighted by Gasteiger charge is 1.96. The van der Waals surface area contributed by atoms with Crippen molar-refractivity contribution in [1.82, 2.24) is 9.97 Å². The molecule has 0 saturated heterocycles. The van der Waals surface area contributed by atoms with Crippen molar-refractivity contribution < 1.29 is 0 Å². The maximum Gasteiger partial charge on any atom is 0.115 e. The molecule has 0 N–H and O–H groups in total. The van der Waals surface area contributed by atoms with Gasteiger partial charge in [0.05, 0.1) is 0 Å². The summed E-state index contributed by atoms with van der Waals surface area (Å²) in [7, 11) is 0. The van der Waals surface area contributed by atoms with E-state index in [-0.39, 0.29) is 0 Å². The first kappa shape index (κ1) is 8.49. The van der Waals surface area contributed by atoms with Crippen LogP contribution in [-0.2, 0) is 6.42 Å². The Labute approximate surface area is 70.1 Å². The summed E-state index contributed by atoms with van der Waals surface area (Å²) in [4.78, 5) is 10.6. The molecule has 1 heterocycles. The van der Waals surface area contributed by atoms with E-state index in [1.165, 1.54) is 6.33 Å². The van der Waals surface area contributed by atoms with Gasteiger partial charge in [0.1, 0.15) is 6.33 Å². The second-order valence-electron chi connectivity index (χ2n) is 2.34. The monoisotopic (exact) mass is 163 g/mol. The van der Waals surface area contributed by atoms with Crippen LogP contribution in [0.15, 0.2) is 17.6 Å². The molecule has 12 heavy (non-hydrogen) atoms. The third kappa shape index (κ3) is 2.21. The standard InChI is InChI=1S/C7H9N5/c1-6-7(2-3-11-12-8)4-9-5-10-6/h4-5H,2-3H2,1H3. The van der Waals surface area contributed by atoms with E-state index in [9.17, 15) is 0 Å². The molecule has 0 aromatic carbocycles. The van der Waals surface area contributed by atoms with Crippen molar-refractivity contribution in [2.75, 3.05) is 6.54 Å². The zero-order valence-corrected chi connectivity index (χ0v) is 6.80. The Balaban J connectivity index is 2.62. The van der Waals surface area contributed by atoms with Gasteiger partial charge in [-0.25, -0.2) is 9.97 Å². The van der Waals surface area contributed by atoms with Crippen molar-refractivity contribution >= 4 is 0 Å². The van der Waals surface area contributed by atoms with Gasteiger partial charge in [-0.15, -0.1) is 0 Å². The van der Waals surface area contributed by atoms with Crippen LogP contribution < -0.4 is 0 Å². The van der Waals surface area contributed by atoms with Gasteiger partial charge in [0.2, 0.25) is 0 Å². The minimum absolute atomic E-state index is 0.463. The molecule has 62 valence electrons. The number of nitrogens with zero attached hydrogens (tertiary/aromatic N) is 5. The van der Waals surface area contributed by atoms with Gasteiger partial charge < -0.3 is 0 Å². The number of rotatable bonds is 3. The summed E-state index contributed by atoms with van der Waals surface area (Å²) in [5.74, 6) is 0. The van der Waals surface area contributed by atoms with E-state index in [4.69, 9.17) is 5.53 Å². The van der Waals surface area contributed by atoms with Crippen LogP contribution in [0.5, 0.6) is 0 Å². The molecular formula is C7H9N5. The Kier molecular flexibility index (Phi) is 3.04. The Morgan fingerprint density at radius 2 is 2.50 bits per heavy atom. The third-order valence-electron chi connectivity index (χ3n) is 1.56. The first-order valence-corrected chi connectivity index (χ1v) is 3.61. The van der Waals surface area contributed by atoms with Gasteiger partial charge in [-0.3, -0.25) is 0 Å². The molecule has 0 saturated carbocycles. The largest absolute Gasteiger partial charge is 0.245 e. The van der Waals surface area contributed by atoms with E-state index < -0.39 is 0 Å². The lowest BCUT2D eigenvalue weighted by molar-refractivity contribution is 0.911. The van der Waals surface area contributed by atoms with Crippen LogP contribution in [0.1, 0.15) is 11.3 Å². The predicted octanol–water partition coefficient (Wildman–Crippen LogP) is 1.64. The molecule has 0 aliphatic carbocycles. The van der Waals surface area contributed by atoms with E-state index in [0.29, 0.717) is 13.0 Å². The second kappa shape index (κ2) is 4.31. The van der Waals surface area contributed by atoms with E-state index in [2.05, 4.69) is 20.0 Å². The van der Waals surface area contributed by atoms with E-state index >= 15 is 0 Å². The number of hydrogen-bond donors (Lipinski definition) is 0. The topological polar surface area (TPSA) is 74.5 Å². The molecule has 0 radical (unpaired) electrons. The zero-order valence-electron chi connectivity index (χ0n) is 6.80. The quantitative estimate of drug-likeness (QED) is 0.386. The van der Waals surface area contributed by atoms with Crippen molar-refractivity contribution in [3.8, 4) is 0 Å². The minimum atomic E-state index is 0.463. The first-order valence-electron chi connectivity index (χ1n) is 3.61. The molecule has 5 nitrogen and oxygen atoms in total. The molecule has 5 heteroatoms. The van der Waals surface area contributed by atoms with Crippen molar-refractivity contribution in [3.05, 3.63) is 34.2 Å². The molecule has 0 fully saturated rings. The van der Waals surface area contributed by atoms with Crippen molar-refractivity contribution in [2.24, 2.45) is 5.11 Å². The summed E-state index contributed by atoms with van der Waals surface area (Å²) in [6.07, 6.45) is 3.96. The van der Waals surface area contributed by atoms with Crippen molar-refractivity contribution in [2.45, 2.75) is 13.3 Å². The molecule has 1 rings (SSSR count). The summed E-state index contributed by atoms with van der Waals surface area (Å²) in [5, 5.41) is 3.43. The van der Waals surface area contributed by atoms with Gasteiger partial charge >= 0.3 is 0 Å². The van der Waals surface area contributed by atoms with Crippen molar-refractivity contribution in [3.63, 3.8) is 0 Å². The van der Waals surface area contributed by atoms with Gasteiger partial charge in [-0.05, 0) is 24.4 Å². The molecule has 0 bridgehead atoms. The van der Waals surface area contributed by atoms with Crippen LogP contribution in [0.4, 0.5) is 0 Å². The van der Waals surface area contributed by atoms with Crippen LogP contribution >= 0.6 is 0 Å². The number of azide groups is 1. The van der Waals surface area contributed by atoms with Gasteiger partial charge in [0, 0.05) is 23.3 Å². The van der Waals surface area contributed by atoms with Crippen LogP contribution in [0.3, 0.4) is 0 Å². The van der Waals surface area contributed by atoms with Crippen molar-refractivity contribution in [1.29, 1.82) is 0 Å². The predicted molar refractivity (Wildman–Crippen MR) is 44.5 cm³/mol. The number of hydrogen-bond acceptors (Lipinski definition) is 3. The summed E-state index contributed by atoms with van der Waals surface area (Å²) < 4.78 is 0. The Bertz CT molecular complexity index is 302. The molecule has 0 unspecified atom stereocenters. The highest BCUT2D eigenvalue weighted by molar-refractivity contribution is 5.14. The molecule has 1 aromatic rings. The Morgan fingerprint density at radius 1 is 1.67 bits per heavy atom. The second-order valence-corrected chi connectivity index (χ2v) is 2.34. The maximum absolute atomic E-state index is 8.04. The van der Waals surface area contributed by atoms with E-state index in [1.807, 2.05) is 6.92 Å². The van der Waals surface area contributed by atoms with Crippen LogP contribution in [0.2, 0.25) is 0 Å². The van der Waals surface area contributed by atoms with Gasteiger partial charge in [-0.2, -0.15) is 0 Å². The fraction of sp³-hybridized carbons (Fsp3) is 0.429. The lowest BCUT2D eigenvalue weighted by atomic mass is 10.2. The SMILES string of the molecule is Cc1ncncc1CCN=[N+]=[N-]. The fourth-order valence-corrected chi connectivity index (χ4v) is 0.880. The van der Waals surface area contributed by atoms with Crippen LogP contribution in [0, 0.1) is 6.92 Å². The van der Waals surface area contributed by atoms with E-state index in [1.54, 1.807) is 6.20 Å². The summed E-state index contributed by atoms with van der Waals surface area (Å²) >= 11 is 0. The molecule has 0 aliphatic rings. The summed E-state index contributed by atoms with van der Waals surface area (Å²) in [5.41, 5.74) is 10.0. The number of aryl methyl sites for hydroxylation is 1. The highest BCUT2D eigenvalue weighted by atomic mass is 15.1. The molecule has 0 aliphatic heterocycles. The molecule has 0 amide bonds. The third-order valence-corrected chi connectivity index (χ3v) is 1.56. The molecule has 1 aromatic heterocycles. The van der Waals surface area contributed by atoms with Gasteiger partial charge in [0.25, 0.3) is 0 Å². The molecule has 0 spiro atoms. The minimum Gasteiger partial charge on any atom is -0.245 e. The fourth-order valence-electron chi connectivity index (χ4n) is 0.880. The lowest BCUT2D eigenvalue weighted by Gasteiger charge is -1.99. The van der Waals surface area contributed by atoms with Crippen LogP contribution in [-0.4, -0.2) is 16.5 Å². The van der Waals surface area contributed by atoms with E-state index in [0.717, 1.165) is 11.3 Å².